The maximum Gasteiger partial charge on any atom is 0.175 e. The monoisotopic (exact) mass is 274 g/mol. The van der Waals surface area contributed by atoms with Gasteiger partial charge in [-0.15, -0.1) is 10.2 Å². The van der Waals surface area contributed by atoms with Crippen molar-refractivity contribution in [3.8, 4) is 0 Å². The highest BCUT2D eigenvalue weighted by atomic mass is 32.2. The van der Waals surface area contributed by atoms with Gasteiger partial charge < -0.3 is 0 Å². The van der Waals surface area contributed by atoms with E-state index < -0.39 is 0 Å². The summed E-state index contributed by atoms with van der Waals surface area (Å²) in [5.74, 6) is 1.28. The van der Waals surface area contributed by atoms with Crippen molar-refractivity contribution in [1.29, 1.82) is 0 Å². The van der Waals surface area contributed by atoms with Crippen LogP contribution in [0.5, 0.6) is 0 Å². The van der Waals surface area contributed by atoms with Crippen molar-refractivity contribution in [2.45, 2.75) is 34.4 Å². The molecule has 1 aliphatic rings. The van der Waals surface area contributed by atoms with Gasteiger partial charge in [0.1, 0.15) is 5.78 Å². The Kier molecular flexibility index (Phi) is 4.66. The molecule has 0 unspecified atom stereocenters. The van der Waals surface area contributed by atoms with Gasteiger partial charge in [-0.05, 0) is 19.1 Å². The molecule has 1 aromatic heterocycles. The zero-order chi connectivity index (χ0) is 11.4. The minimum atomic E-state index is 0.320. The lowest BCUT2D eigenvalue weighted by atomic mass is 10.0. The van der Waals surface area contributed by atoms with Crippen molar-refractivity contribution < 1.29 is 4.79 Å². The molecule has 1 aliphatic carbocycles. The lowest BCUT2D eigenvalue weighted by molar-refractivity contribution is -0.120. The number of aromatic nitrogens is 2. The summed E-state index contributed by atoms with van der Waals surface area (Å²) >= 11 is 4.70. The molecule has 0 radical (unpaired) electrons. The van der Waals surface area contributed by atoms with Crippen LogP contribution in [0, 0.1) is 5.92 Å². The molecule has 3 nitrogen and oxygen atoms in total. The Morgan fingerprint density at radius 2 is 2.06 bits per heavy atom. The van der Waals surface area contributed by atoms with E-state index in [0.717, 1.165) is 21.5 Å². The van der Waals surface area contributed by atoms with Gasteiger partial charge in [0.2, 0.25) is 0 Å². The molecule has 0 amide bonds. The number of carbonyl (C=O) groups excluding carboxylic acids is 1. The van der Waals surface area contributed by atoms with Crippen LogP contribution in [-0.2, 0) is 4.79 Å². The molecule has 1 fully saturated rings. The molecule has 0 bridgehead atoms. The second-order valence-electron chi connectivity index (χ2n) is 3.77. The van der Waals surface area contributed by atoms with Crippen LogP contribution in [0.2, 0.25) is 0 Å². The largest absolute Gasteiger partial charge is 0.298 e. The number of thioether (sulfide) groups is 2. The van der Waals surface area contributed by atoms with Crippen molar-refractivity contribution >= 4 is 40.6 Å². The average Bonchev–Trinajstić information content (AvgIpc) is 2.96. The van der Waals surface area contributed by atoms with E-state index in [1.54, 1.807) is 23.1 Å². The Hall–Kier alpha value is -0.0700. The number of carbonyl (C=O) groups is 1. The van der Waals surface area contributed by atoms with Gasteiger partial charge >= 0.3 is 0 Å². The summed E-state index contributed by atoms with van der Waals surface area (Å²) in [6, 6.07) is 0. The molecule has 0 aromatic carbocycles. The van der Waals surface area contributed by atoms with E-state index in [4.69, 9.17) is 0 Å². The van der Waals surface area contributed by atoms with E-state index in [-0.39, 0.29) is 0 Å². The third-order valence-corrected chi connectivity index (χ3v) is 5.77. The molecule has 0 spiro atoms. The van der Waals surface area contributed by atoms with E-state index in [2.05, 4.69) is 10.2 Å². The second kappa shape index (κ2) is 6.02. The Bertz CT molecular complexity index is 361. The third kappa shape index (κ3) is 3.21. The first-order chi connectivity index (χ1) is 7.79. The highest BCUT2D eigenvalue weighted by Gasteiger charge is 2.22. The lowest BCUT2D eigenvalue weighted by Gasteiger charge is -2.05. The standard InChI is InChI=1S/C10H14N2OS3/c1-14-9-11-12-10(16-9)15-6-8(13)7-4-2-3-5-7/h7H,2-6H2,1H3. The first kappa shape index (κ1) is 12.4. The van der Waals surface area contributed by atoms with Crippen LogP contribution in [0.4, 0.5) is 0 Å². The highest BCUT2D eigenvalue weighted by molar-refractivity contribution is 8.03. The molecule has 0 atom stereocenters. The smallest absolute Gasteiger partial charge is 0.175 e. The minimum absolute atomic E-state index is 0.320. The fourth-order valence-corrected chi connectivity index (χ4v) is 4.25. The Labute approximate surface area is 108 Å². The van der Waals surface area contributed by atoms with E-state index >= 15 is 0 Å². The second-order valence-corrected chi connectivity index (χ2v) is 7.03. The van der Waals surface area contributed by atoms with Crippen molar-refractivity contribution in [3.63, 3.8) is 0 Å². The zero-order valence-electron chi connectivity index (χ0n) is 9.14. The van der Waals surface area contributed by atoms with Crippen molar-refractivity contribution in [2.75, 3.05) is 12.0 Å². The van der Waals surface area contributed by atoms with Gasteiger partial charge in [0.15, 0.2) is 8.68 Å². The number of nitrogens with zero attached hydrogens (tertiary/aromatic N) is 2. The number of rotatable bonds is 5. The van der Waals surface area contributed by atoms with Crippen LogP contribution < -0.4 is 0 Å². The normalized spacial score (nSPS) is 16.8. The Morgan fingerprint density at radius 1 is 1.38 bits per heavy atom. The average molecular weight is 274 g/mol. The minimum Gasteiger partial charge on any atom is -0.298 e. The molecule has 88 valence electrons. The maximum atomic E-state index is 11.8. The van der Waals surface area contributed by atoms with Crippen LogP contribution in [0.3, 0.4) is 0 Å². The molecule has 2 rings (SSSR count). The summed E-state index contributed by atoms with van der Waals surface area (Å²) in [6.45, 7) is 0. The molecule has 1 aromatic rings. The van der Waals surface area contributed by atoms with Crippen LogP contribution >= 0.6 is 34.9 Å². The first-order valence-electron chi connectivity index (χ1n) is 5.32. The Morgan fingerprint density at radius 3 is 2.69 bits per heavy atom. The molecule has 1 saturated carbocycles. The van der Waals surface area contributed by atoms with Crippen LogP contribution in [-0.4, -0.2) is 28.0 Å². The van der Waals surface area contributed by atoms with Crippen molar-refractivity contribution in [1.82, 2.24) is 10.2 Å². The molecule has 16 heavy (non-hydrogen) atoms. The summed E-state index contributed by atoms with van der Waals surface area (Å²) in [4.78, 5) is 11.8. The zero-order valence-corrected chi connectivity index (χ0v) is 11.6. The van der Waals surface area contributed by atoms with E-state index in [1.165, 1.54) is 24.6 Å². The summed E-state index contributed by atoms with van der Waals surface area (Å²) in [5, 5.41) is 8.05. The molecule has 0 aliphatic heterocycles. The molecular weight excluding hydrogens is 260 g/mol. The summed E-state index contributed by atoms with van der Waals surface area (Å²) in [5.41, 5.74) is 0. The van der Waals surface area contributed by atoms with Gasteiger partial charge in [0.25, 0.3) is 0 Å². The van der Waals surface area contributed by atoms with E-state index in [1.807, 2.05) is 6.26 Å². The van der Waals surface area contributed by atoms with E-state index in [0.29, 0.717) is 17.5 Å². The fraction of sp³-hybridized carbons (Fsp3) is 0.700. The first-order valence-corrected chi connectivity index (χ1v) is 8.35. The highest BCUT2D eigenvalue weighted by Crippen LogP contribution is 2.30. The molecule has 6 heteroatoms. The molecule has 1 heterocycles. The van der Waals surface area contributed by atoms with Crippen LogP contribution in [0.15, 0.2) is 8.68 Å². The topological polar surface area (TPSA) is 42.9 Å². The van der Waals surface area contributed by atoms with Crippen molar-refractivity contribution in [2.24, 2.45) is 5.92 Å². The van der Waals surface area contributed by atoms with Gasteiger partial charge in [-0.2, -0.15) is 0 Å². The molecule has 0 saturated heterocycles. The predicted octanol–water partition coefficient (Wildman–Crippen LogP) is 3.11. The van der Waals surface area contributed by atoms with Crippen LogP contribution in [0.25, 0.3) is 0 Å². The maximum absolute atomic E-state index is 11.8. The van der Waals surface area contributed by atoms with Crippen LogP contribution in [0.1, 0.15) is 25.7 Å². The van der Waals surface area contributed by atoms with E-state index in [9.17, 15) is 4.79 Å². The summed E-state index contributed by atoms with van der Waals surface area (Å²) in [7, 11) is 0. The fourth-order valence-electron chi connectivity index (χ4n) is 1.84. The van der Waals surface area contributed by atoms with Gasteiger partial charge in [-0.1, -0.05) is 47.7 Å². The number of hydrogen-bond acceptors (Lipinski definition) is 6. The SMILES string of the molecule is CSc1nnc(SCC(=O)C2CCCC2)s1. The van der Waals surface area contributed by atoms with Gasteiger partial charge in [0, 0.05) is 5.92 Å². The quantitative estimate of drug-likeness (QED) is 0.772. The van der Waals surface area contributed by atoms with Gasteiger partial charge in [-0.25, -0.2) is 0 Å². The number of hydrogen-bond donors (Lipinski definition) is 0. The summed E-state index contributed by atoms with van der Waals surface area (Å²) < 4.78 is 1.88. The van der Waals surface area contributed by atoms with Gasteiger partial charge in [-0.3, -0.25) is 4.79 Å². The molecule has 0 N–H and O–H groups in total. The summed E-state index contributed by atoms with van der Waals surface area (Å²) in [6.07, 6.45) is 6.60. The number of ketones is 1. The third-order valence-electron chi connectivity index (χ3n) is 2.71. The Balaban J connectivity index is 1.80. The molecular formula is C10H14N2OS3. The predicted molar refractivity (Wildman–Crippen MR) is 69.4 cm³/mol. The van der Waals surface area contributed by atoms with Crippen molar-refractivity contribution in [3.05, 3.63) is 0 Å². The lowest BCUT2D eigenvalue weighted by Crippen LogP contribution is -2.12. The number of Topliss-reactive ketones (excluding diaryl/α,β-unsaturated/α-hetero) is 1. The van der Waals surface area contributed by atoms with Gasteiger partial charge in [0.05, 0.1) is 5.75 Å².